The minimum atomic E-state index is -0.318. The smallest absolute Gasteiger partial charge is 0.0850 e. The lowest BCUT2D eigenvalue weighted by Gasteiger charge is -2.38. The third-order valence-electron chi connectivity index (χ3n) is 6.53. The molecule has 148 valence electrons. The van der Waals surface area contributed by atoms with Gasteiger partial charge in [-0.15, -0.1) is 0 Å². The van der Waals surface area contributed by atoms with Gasteiger partial charge in [-0.1, -0.05) is 79.9 Å². The molecule has 2 aromatic rings. The third-order valence-corrected chi connectivity index (χ3v) is 6.53. The Balaban J connectivity index is 1.61. The van der Waals surface area contributed by atoms with Crippen molar-refractivity contribution in [1.82, 2.24) is 4.90 Å². The van der Waals surface area contributed by atoms with E-state index in [1.165, 1.54) is 43.2 Å². The van der Waals surface area contributed by atoms with Crippen LogP contribution >= 0.6 is 0 Å². The minimum absolute atomic E-state index is 0.318. The molecule has 1 unspecified atom stereocenters. The van der Waals surface area contributed by atoms with Crippen molar-refractivity contribution in [2.45, 2.75) is 56.8 Å². The van der Waals surface area contributed by atoms with E-state index < -0.39 is 0 Å². The van der Waals surface area contributed by atoms with Crippen molar-refractivity contribution in [3.63, 3.8) is 0 Å². The van der Waals surface area contributed by atoms with Crippen molar-refractivity contribution in [3.05, 3.63) is 71.8 Å². The molecule has 28 heavy (non-hydrogen) atoms. The molecular weight excluding hydrogens is 340 g/mol. The molecule has 3 rings (SSSR count). The molecule has 0 saturated heterocycles. The van der Waals surface area contributed by atoms with Gasteiger partial charge < -0.3 is 4.90 Å². The van der Waals surface area contributed by atoms with E-state index in [-0.39, 0.29) is 5.41 Å². The van der Waals surface area contributed by atoms with Crippen LogP contribution in [-0.4, -0.2) is 25.0 Å². The normalized spacial score (nSPS) is 17.2. The van der Waals surface area contributed by atoms with Crippen LogP contribution in [0.1, 0.15) is 56.1 Å². The molecule has 0 spiro atoms. The number of nitrogens with zero attached hydrogens (tertiary/aromatic N) is 2. The van der Waals surface area contributed by atoms with Crippen LogP contribution < -0.4 is 0 Å². The summed E-state index contributed by atoms with van der Waals surface area (Å²) in [6, 6.07) is 24.1. The van der Waals surface area contributed by atoms with Crippen molar-refractivity contribution in [3.8, 4) is 6.07 Å². The fraction of sp³-hybridized carbons (Fsp3) is 0.500. The van der Waals surface area contributed by atoms with Crippen molar-refractivity contribution in [2.24, 2.45) is 5.92 Å². The molecule has 0 N–H and O–H groups in total. The SMILES string of the molecule is CN(CCCC(C#N)(c1ccccc1)C1CCCCC1)CCc1ccccc1. The van der Waals surface area contributed by atoms with Gasteiger partial charge in [0.2, 0.25) is 0 Å². The van der Waals surface area contributed by atoms with Crippen LogP contribution in [0.3, 0.4) is 0 Å². The van der Waals surface area contributed by atoms with Crippen molar-refractivity contribution >= 4 is 0 Å². The van der Waals surface area contributed by atoms with E-state index in [4.69, 9.17) is 0 Å². The number of hydrogen-bond acceptors (Lipinski definition) is 2. The molecule has 1 saturated carbocycles. The van der Waals surface area contributed by atoms with E-state index in [0.29, 0.717) is 5.92 Å². The molecule has 0 amide bonds. The maximum absolute atomic E-state index is 10.3. The molecule has 1 aliphatic rings. The average molecular weight is 375 g/mol. The highest BCUT2D eigenvalue weighted by Crippen LogP contribution is 2.44. The van der Waals surface area contributed by atoms with Crippen LogP contribution in [0.15, 0.2) is 60.7 Å². The van der Waals surface area contributed by atoms with Gasteiger partial charge in [0.1, 0.15) is 0 Å². The first-order chi connectivity index (χ1) is 13.7. The Morgan fingerprint density at radius 3 is 2.21 bits per heavy atom. The van der Waals surface area contributed by atoms with Gasteiger partial charge in [0.25, 0.3) is 0 Å². The zero-order valence-electron chi connectivity index (χ0n) is 17.3. The van der Waals surface area contributed by atoms with E-state index in [2.05, 4.69) is 78.7 Å². The topological polar surface area (TPSA) is 27.0 Å². The number of rotatable bonds is 9. The highest BCUT2D eigenvalue weighted by Gasteiger charge is 2.40. The Morgan fingerprint density at radius 2 is 1.57 bits per heavy atom. The van der Waals surface area contributed by atoms with Crippen LogP contribution in [0.25, 0.3) is 0 Å². The maximum atomic E-state index is 10.3. The van der Waals surface area contributed by atoms with Crippen LogP contribution in [0.5, 0.6) is 0 Å². The highest BCUT2D eigenvalue weighted by molar-refractivity contribution is 5.34. The Hall–Kier alpha value is -2.11. The summed E-state index contributed by atoms with van der Waals surface area (Å²) in [6.45, 7) is 2.12. The maximum Gasteiger partial charge on any atom is 0.0850 e. The first-order valence-corrected chi connectivity index (χ1v) is 10.9. The van der Waals surface area contributed by atoms with Gasteiger partial charge in [0.15, 0.2) is 0 Å². The Labute approximate surface area is 171 Å². The van der Waals surface area contributed by atoms with E-state index in [1.54, 1.807) is 0 Å². The molecule has 1 aliphatic carbocycles. The second-order valence-corrected chi connectivity index (χ2v) is 8.43. The zero-order valence-corrected chi connectivity index (χ0v) is 17.3. The van der Waals surface area contributed by atoms with Gasteiger partial charge in [0, 0.05) is 6.54 Å². The van der Waals surface area contributed by atoms with E-state index in [0.717, 1.165) is 32.4 Å². The van der Waals surface area contributed by atoms with E-state index in [9.17, 15) is 5.26 Å². The number of likely N-dealkylation sites (N-methyl/N-ethyl adjacent to an activating group) is 1. The van der Waals surface area contributed by atoms with E-state index in [1.807, 2.05) is 0 Å². The summed E-state index contributed by atoms with van der Waals surface area (Å²) in [7, 11) is 2.21. The van der Waals surface area contributed by atoms with Gasteiger partial charge in [0.05, 0.1) is 11.5 Å². The van der Waals surface area contributed by atoms with Crippen LogP contribution in [0.2, 0.25) is 0 Å². The average Bonchev–Trinajstić information content (AvgIpc) is 2.77. The lowest BCUT2D eigenvalue weighted by molar-refractivity contribution is 0.224. The number of benzene rings is 2. The lowest BCUT2D eigenvalue weighted by atomic mass is 9.63. The largest absolute Gasteiger partial charge is 0.306 e. The molecule has 0 aromatic heterocycles. The fourth-order valence-corrected chi connectivity index (χ4v) is 4.83. The predicted molar refractivity (Wildman–Crippen MR) is 117 cm³/mol. The second kappa shape index (κ2) is 10.4. The molecule has 1 fully saturated rings. The summed E-state index contributed by atoms with van der Waals surface area (Å²) < 4.78 is 0. The number of hydrogen-bond donors (Lipinski definition) is 0. The molecule has 2 heteroatoms. The van der Waals surface area contributed by atoms with Gasteiger partial charge in [-0.25, -0.2) is 0 Å². The Morgan fingerprint density at radius 1 is 0.929 bits per heavy atom. The lowest BCUT2D eigenvalue weighted by Crippen LogP contribution is -2.36. The zero-order chi connectivity index (χ0) is 19.7. The Kier molecular flexibility index (Phi) is 7.69. The van der Waals surface area contributed by atoms with Crippen LogP contribution in [0, 0.1) is 17.2 Å². The fourth-order valence-electron chi connectivity index (χ4n) is 4.83. The van der Waals surface area contributed by atoms with E-state index >= 15 is 0 Å². The third kappa shape index (κ3) is 5.24. The molecular formula is C26H34N2. The second-order valence-electron chi connectivity index (χ2n) is 8.43. The van der Waals surface area contributed by atoms with Gasteiger partial charge in [-0.05, 0) is 62.7 Å². The van der Waals surface area contributed by atoms with Crippen molar-refractivity contribution in [1.29, 1.82) is 5.26 Å². The standard InChI is InChI=1S/C26H34N2/c1-28(21-18-23-12-5-2-6-13-23)20-11-19-26(22-27,24-14-7-3-8-15-24)25-16-9-4-10-17-25/h2-3,5-8,12-15,25H,4,9-11,16-21H2,1H3. The van der Waals surface area contributed by atoms with Crippen molar-refractivity contribution < 1.29 is 0 Å². The van der Waals surface area contributed by atoms with Crippen LogP contribution in [0.4, 0.5) is 0 Å². The predicted octanol–water partition coefficient (Wildman–Crippen LogP) is 5.98. The highest BCUT2D eigenvalue weighted by atomic mass is 15.1. The minimum Gasteiger partial charge on any atom is -0.306 e. The first-order valence-electron chi connectivity index (χ1n) is 10.9. The number of nitriles is 1. The summed E-state index contributed by atoms with van der Waals surface area (Å²) in [5.41, 5.74) is 2.31. The molecule has 0 bridgehead atoms. The summed E-state index contributed by atoms with van der Waals surface area (Å²) in [4.78, 5) is 2.42. The summed E-state index contributed by atoms with van der Waals surface area (Å²) in [5.74, 6) is 0.503. The molecule has 0 radical (unpaired) electrons. The summed E-state index contributed by atoms with van der Waals surface area (Å²) in [6.07, 6.45) is 9.41. The van der Waals surface area contributed by atoms with Gasteiger partial charge in [-0.3, -0.25) is 0 Å². The van der Waals surface area contributed by atoms with Crippen molar-refractivity contribution in [2.75, 3.05) is 20.1 Å². The molecule has 0 heterocycles. The monoisotopic (exact) mass is 374 g/mol. The molecule has 2 aromatic carbocycles. The molecule has 2 nitrogen and oxygen atoms in total. The Bertz CT molecular complexity index is 728. The molecule has 1 atom stereocenters. The first kappa shape index (κ1) is 20.6. The summed E-state index contributed by atoms with van der Waals surface area (Å²) >= 11 is 0. The summed E-state index contributed by atoms with van der Waals surface area (Å²) in [5, 5.41) is 10.3. The quantitative estimate of drug-likeness (QED) is 0.539. The molecule has 0 aliphatic heterocycles. The van der Waals surface area contributed by atoms with Gasteiger partial charge in [-0.2, -0.15) is 5.26 Å². The van der Waals surface area contributed by atoms with Crippen LogP contribution in [-0.2, 0) is 11.8 Å². The van der Waals surface area contributed by atoms with Gasteiger partial charge >= 0.3 is 0 Å².